The minimum Gasteiger partial charge on any atom is -0.453 e. The second kappa shape index (κ2) is 11.7. The van der Waals surface area contributed by atoms with Gasteiger partial charge < -0.3 is 8.98 Å². The fourth-order valence-corrected chi connectivity index (χ4v) is 9.47. The monoisotopic (exact) mass is 720 g/mol. The van der Waals surface area contributed by atoms with Crippen molar-refractivity contribution < 1.29 is 4.42 Å². The van der Waals surface area contributed by atoms with Crippen molar-refractivity contribution in [2.75, 3.05) is 0 Å². The number of furan rings is 1. The van der Waals surface area contributed by atoms with Gasteiger partial charge in [0.15, 0.2) is 23.1 Å². The molecule has 0 aliphatic heterocycles. The average Bonchev–Trinajstić information content (AvgIpc) is 3.93. The summed E-state index contributed by atoms with van der Waals surface area (Å²) < 4.78 is 12.1. The Morgan fingerprint density at radius 1 is 0.418 bits per heavy atom. The van der Waals surface area contributed by atoms with E-state index in [-0.39, 0.29) is 0 Å². The Kier molecular flexibility index (Phi) is 6.44. The Bertz CT molecular complexity index is 3430. The zero-order chi connectivity index (χ0) is 36.0. The maximum absolute atomic E-state index is 7.16. The summed E-state index contributed by atoms with van der Waals surface area (Å²) in [5.74, 6) is 1.84. The van der Waals surface area contributed by atoms with Crippen LogP contribution in [-0.4, -0.2) is 19.5 Å². The van der Waals surface area contributed by atoms with Gasteiger partial charge in [0.25, 0.3) is 0 Å². The molecule has 0 aliphatic carbocycles. The normalized spacial score (nSPS) is 12.0. The highest BCUT2D eigenvalue weighted by atomic mass is 32.1. The Balaban J connectivity index is 1.18. The minimum atomic E-state index is 0.598. The van der Waals surface area contributed by atoms with E-state index in [1.165, 1.54) is 30.9 Å². The molecule has 256 valence electrons. The Hall–Kier alpha value is -7.15. The molecule has 0 spiro atoms. The molecule has 0 bridgehead atoms. The van der Waals surface area contributed by atoms with Gasteiger partial charge in [0, 0.05) is 63.8 Å². The van der Waals surface area contributed by atoms with Crippen LogP contribution in [0.3, 0.4) is 0 Å². The molecule has 12 rings (SSSR count). The molecule has 0 saturated carbocycles. The number of hydrogen-bond acceptors (Lipinski definition) is 5. The van der Waals surface area contributed by atoms with Crippen molar-refractivity contribution in [3.8, 4) is 39.9 Å². The molecule has 0 unspecified atom stereocenters. The first-order chi connectivity index (χ1) is 27.3. The summed E-state index contributed by atoms with van der Waals surface area (Å²) in [7, 11) is 0. The Labute approximate surface area is 318 Å². The van der Waals surface area contributed by atoms with Gasteiger partial charge in [-0.2, -0.15) is 0 Å². The van der Waals surface area contributed by atoms with Crippen molar-refractivity contribution in [1.82, 2.24) is 19.5 Å². The third-order valence-corrected chi connectivity index (χ3v) is 12.0. The summed E-state index contributed by atoms with van der Waals surface area (Å²) in [6.45, 7) is 0. The fraction of sp³-hybridized carbons (Fsp3) is 0. The van der Waals surface area contributed by atoms with Crippen LogP contribution in [0.4, 0.5) is 0 Å². The molecule has 0 amide bonds. The van der Waals surface area contributed by atoms with Gasteiger partial charge >= 0.3 is 0 Å². The second-order valence-electron chi connectivity index (χ2n) is 14.0. The average molecular weight is 721 g/mol. The van der Waals surface area contributed by atoms with E-state index < -0.39 is 0 Å². The largest absolute Gasteiger partial charge is 0.453 e. The van der Waals surface area contributed by atoms with Crippen molar-refractivity contribution in [1.29, 1.82) is 0 Å². The van der Waals surface area contributed by atoms with E-state index in [1.54, 1.807) is 0 Å². The number of rotatable bonds is 4. The Morgan fingerprint density at radius 2 is 1.05 bits per heavy atom. The van der Waals surface area contributed by atoms with Crippen LogP contribution < -0.4 is 0 Å². The molecule has 0 atom stereocenters. The molecule has 0 aliphatic rings. The van der Waals surface area contributed by atoms with Crippen LogP contribution in [0.2, 0.25) is 0 Å². The summed E-state index contributed by atoms with van der Waals surface area (Å²) in [5.41, 5.74) is 7.65. The zero-order valence-electron chi connectivity index (χ0n) is 29.3. The van der Waals surface area contributed by atoms with Gasteiger partial charge in [0.05, 0.1) is 16.7 Å². The number of benzene rings is 8. The van der Waals surface area contributed by atoms with Crippen LogP contribution in [0.15, 0.2) is 174 Å². The Morgan fingerprint density at radius 3 is 1.84 bits per heavy atom. The number of hydrogen-bond donors (Lipinski definition) is 0. The van der Waals surface area contributed by atoms with Gasteiger partial charge in [0.1, 0.15) is 5.58 Å². The highest BCUT2D eigenvalue weighted by Crippen LogP contribution is 2.45. The van der Waals surface area contributed by atoms with E-state index in [9.17, 15) is 0 Å². The van der Waals surface area contributed by atoms with Crippen molar-refractivity contribution in [2.24, 2.45) is 0 Å². The molecule has 0 N–H and O–H groups in total. The predicted molar refractivity (Wildman–Crippen MR) is 228 cm³/mol. The van der Waals surface area contributed by atoms with Crippen molar-refractivity contribution >= 4 is 86.0 Å². The van der Waals surface area contributed by atoms with Gasteiger partial charge in [0.2, 0.25) is 0 Å². The summed E-state index contributed by atoms with van der Waals surface area (Å²) in [6.07, 6.45) is 0. The topological polar surface area (TPSA) is 56.7 Å². The molecule has 8 aromatic carbocycles. The van der Waals surface area contributed by atoms with Crippen molar-refractivity contribution in [3.63, 3.8) is 0 Å². The fourth-order valence-electron chi connectivity index (χ4n) is 8.35. The van der Waals surface area contributed by atoms with Gasteiger partial charge in [-0.25, -0.2) is 15.0 Å². The molecule has 4 heterocycles. The standard InChI is InChI=1S/C49H28N4OS/c1-3-14-29(15-4-1)47-50-48(30-16-5-2-6-17-30)52-49(51-47)38-26-31-18-7-8-19-32(31)46-44(38)35-22-13-24-40(45(35)54-46)53-39-23-11-9-20-33(39)36-27-37-34-21-10-12-25-42(34)55-43(37)28-41(36)53/h1-28H. The summed E-state index contributed by atoms with van der Waals surface area (Å²) >= 11 is 1.84. The lowest BCUT2D eigenvalue weighted by molar-refractivity contribution is 0.670. The third kappa shape index (κ3) is 4.55. The second-order valence-corrected chi connectivity index (χ2v) is 15.0. The molecular formula is C49H28N4OS. The maximum Gasteiger partial charge on any atom is 0.164 e. The quantitative estimate of drug-likeness (QED) is 0.182. The summed E-state index contributed by atoms with van der Waals surface area (Å²) in [4.78, 5) is 15.3. The van der Waals surface area contributed by atoms with E-state index in [4.69, 9.17) is 19.4 Å². The molecule has 0 radical (unpaired) electrons. The van der Waals surface area contributed by atoms with E-state index in [1.807, 2.05) is 72.0 Å². The van der Waals surface area contributed by atoms with Crippen LogP contribution in [0.1, 0.15) is 0 Å². The van der Waals surface area contributed by atoms with Crippen LogP contribution >= 0.6 is 11.3 Å². The van der Waals surface area contributed by atoms with Crippen molar-refractivity contribution in [2.45, 2.75) is 0 Å². The van der Waals surface area contributed by atoms with Crippen LogP contribution in [0, 0.1) is 0 Å². The zero-order valence-corrected chi connectivity index (χ0v) is 30.1. The number of aromatic nitrogens is 4. The van der Waals surface area contributed by atoms with Gasteiger partial charge in [-0.1, -0.05) is 133 Å². The van der Waals surface area contributed by atoms with Crippen LogP contribution in [0.25, 0.3) is 115 Å². The molecule has 0 saturated heterocycles. The third-order valence-electron chi connectivity index (χ3n) is 10.8. The highest BCUT2D eigenvalue weighted by Gasteiger charge is 2.24. The molecule has 4 aromatic heterocycles. The van der Waals surface area contributed by atoms with Gasteiger partial charge in [-0.3, -0.25) is 0 Å². The molecule has 6 heteroatoms. The molecular weight excluding hydrogens is 693 g/mol. The number of nitrogens with zero attached hydrogens (tertiary/aromatic N) is 4. The van der Waals surface area contributed by atoms with Gasteiger partial charge in [-0.05, 0) is 41.8 Å². The first-order valence-corrected chi connectivity index (χ1v) is 19.2. The van der Waals surface area contributed by atoms with E-state index in [0.29, 0.717) is 17.5 Å². The van der Waals surface area contributed by atoms with Crippen LogP contribution in [-0.2, 0) is 0 Å². The van der Waals surface area contributed by atoms with E-state index in [0.717, 1.165) is 66.1 Å². The maximum atomic E-state index is 7.16. The molecule has 12 aromatic rings. The SMILES string of the molecule is c1ccc(-c2nc(-c3ccccc3)nc(-c3cc4ccccc4c4oc5c(-n6c7ccccc7c7cc8c(cc76)sc6ccccc68)cccc5c34)n2)cc1. The predicted octanol–water partition coefficient (Wildman–Crippen LogP) is 13.4. The number of thiophene rings is 1. The first kappa shape index (κ1) is 30.3. The smallest absolute Gasteiger partial charge is 0.164 e. The lowest BCUT2D eigenvalue weighted by Gasteiger charge is -2.10. The minimum absolute atomic E-state index is 0.598. The van der Waals surface area contributed by atoms with Crippen LogP contribution in [0.5, 0.6) is 0 Å². The summed E-state index contributed by atoms with van der Waals surface area (Å²) in [5, 5.41) is 9.09. The first-order valence-electron chi connectivity index (χ1n) is 18.4. The van der Waals surface area contributed by atoms with Crippen molar-refractivity contribution in [3.05, 3.63) is 170 Å². The van der Waals surface area contributed by atoms with E-state index in [2.05, 4.69) is 114 Å². The van der Waals surface area contributed by atoms with Gasteiger partial charge in [-0.15, -0.1) is 11.3 Å². The molecule has 5 nitrogen and oxygen atoms in total. The lowest BCUT2D eigenvalue weighted by atomic mass is 9.99. The van der Waals surface area contributed by atoms with E-state index >= 15 is 0 Å². The summed E-state index contributed by atoms with van der Waals surface area (Å²) in [6, 6.07) is 59.5. The highest BCUT2D eigenvalue weighted by molar-refractivity contribution is 7.25. The molecule has 0 fully saturated rings. The number of fused-ring (bicyclic) bond motifs is 11. The number of para-hydroxylation sites is 2. The lowest BCUT2D eigenvalue weighted by Crippen LogP contribution is -2.00. The molecule has 55 heavy (non-hydrogen) atoms.